The second kappa shape index (κ2) is 7.80. The van der Waals surface area contributed by atoms with Crippen molar-refractivity contribution < 1.29 is 0 Å². The van der Waals surface area contributed by atoms with E-state index in [-0.39, 0.29) is 0 Å². The van der Waals surface area contributed by atoms with Crippen molar-refractivity contribution in [2.45, 2.75) is 20.8 Å². The summed E-state index contributed by atoms with van der Waals surface area (Å²) in [5.74, 6) is 2.38. The van der Waals surface area contributed by atoms with Gasteiger partial charge >= 0.3 is 0 Å². The predicted octanol–water partition coefficient (Wildman–Crippen LogP) is 3.26. The molecule has 0 atom stereocenters. The third-order valence-electron chi connectivity index (χ3n) is 4.92. The largest absolute Gasteiger partial charge is 0.353 e. The summed E-state index contributed by atoms with van der Waals surface area (Å²) >= 11 is 0. The maximum absolute atomic E-state index is 4.78. The molecule has 0 spiro atoms. The van der Waals surface area contributed by atoms with E-state index in [0.717, 1.165) is 49.3 Å². The molecule has 0 unspecified atom stereocenters. The molecule has 4 rings (SSSR count). The number of nitrogens with zero attached hydrogens (tertiary/aromatic N) is 6. The van der Waals surface area contributed by atoms with Crippen molar-refractivity contribution in [3.05, 3.63) is 59.5 Å². The van der Waals surface area contributed by atoms with Crippen molar-refractivity contribution in [3.8, 4) is 0 Å². The number of rotatable bonds is 4. The highest BCUT2D eigenvalue weighted by molar-refractivity contribution is 5.60. The predicted molar refractivity (Wildman–Crippen MR) is 112 cm³/mol. The zero-order valence-electron chi connectivity index (χ0n) is 16.6. The fraction of sp³-hybridized carbons (Fsp3) is 0.333. The number of benzene rings is 1. The first-order valence-corrected chi connectivity index (χ1v) is 9.55. The minimum atomic E-state index is 0.637. The van der Waals surface area contributed by atoms with Crippen LogP contribution in [-0.2, 0) is 0 Å². The number of piperazine rings is 1. The summed E-state index contributed by atoms with van der Waals surface area (Å²) in [6.07, 6.45) is 3.57. The Hall–Kier alpha value is -3.22. The molecular weight excluding hydrogens is 350 g/mol. The van der Waals surface area contributed by atoms with E-state index in [1.165, 1.54) is 11.1 Å². The third-order valence-corrected chi connectivity index (χ3v) is 4.92. The summed E-state index contributed by atoms with van der Waals surface area (Å²) in [6, 6.07) is 10.2. The van der Waals surface area contributed by atoms with E-state index >= 15 is 0 Å². The van der Waals surface area contributed by atoms with Crippen LogP contribution in [0.1, 0.15) is 16.8 Å². The van der Waals surface area contributed by atoms with E-state index in [2.05, 4.69) is 62.1 Å². The first-order valence-electron chi connectivity index (χ1n) is 9.55. The van der Waals surface area contributed by atoms with Crippen molar-refractivity contribution in [1.29, 1.82) is 0 Å². The molecule has 2 aromatic heterocycles. The Bertz CT molecular complexity index is 950. The van der Waals surface area contributed by atoms with Crippen LogP contribution in [0.4, 0.5) is 23.4 Å². The van der Waals surface area contributed by atoms with E-state index in [9.17, 15) is 0 Å². The fourth-order valence-corrected chi connectivity index (χ4v) is 3.35. The Kier molecular flexibility index (Phi) is 5.06. The summed E-state index contributed by atoms with van der Waals surface area (Å²) in [7, 11) is 0. The average molecular weight is 375 g/mol. The molecule has 3 aromatic rings. The van der Waals surface area contributed by atoms with E-state index in [1.54, 1.807) is 12.4 Å². The Balaban J connectivity index is 1.49. The van der Waals surface area contributed by atoms with Gasteiger partial charge in [0.1, 0.15) is 5.82 Å². The molecule has 1 aliphatic heterocycles. The van der Waals surface area contributed by atoms with Crippen LogP contribution in [0.2, 0.25) is 0 Å². The van der Waals surface area contributed by atoms with Crippen LogP contribution in [0.15, 0.2) is 42.7 Å². The van der Waals surface area contributed by atoms with Crippen LogP contribution < -0.4 is 15.1 Å². The summed E-state index contributed by atoms with van der Waals surface area (Å²) in [4.78, 5) is 22.6. The molecule has 0 saturated carbocycles. The van der Waals surface area contributed by atoms with Crippen LogP contribution in [0.5, 0.6) is 0 Å². The molecule has 1 fully saturated rings. The third kappa shape index (κ3) is 4.03. The van der Waals surface area contributed by atoms with Gasteiger partial charge in [0.2, 0.25) is 11.9 Å². The molecule has 0 radical (unpaired) electrons. The monoisotopic (exact) mass is 375 g/mol. The topological polar surface area (TPSA) is 70.1 Å². The van der Waals surface area contributed by atoms with Gasteiger partial charge in [0.15, 0.2) is 0 Å². The van der Waals surface area contributed by atoms with E-state index < -0.39 is 0 Å². The van der Waals surface area contributed by atoms with Gasteiger partial charge in [0, 0.05) is 56.0 Å². The number of aryl methyl sites for hydroxylation is 3. The van der Waals surface area contributed by atoms with Crippen molar-refractivity contribution in [1.82, 2.24) is 19.9 Å². The van der Waals surface area contributed by atoms with Gasteiger partial charge in [-0.2, -0.15) is 4.98 Å². The first kappa shape index (κ1) is 18.2. The lowest BCUT2D eigenvalue weighted by molar-refractivity contribution is 0.634. The van der Waals surface area contributed by atoms with E-state index in [4.69, 9.17) is 4.98 Å². The van der Waals surface area contributed by atoms with Crippen molar-refractivity contribution in [2.75, 3.05) is 41.3 Å². The van der Waals surface area contributed by atoms with Gasteiger partial charge in [0.05, 0.1) is 0 Å². The lowest BCUT2D eigenvalue weighted by Gasteiger charge is -2.35. The van der Waals surface area contributed by atoms with Crippen LogP contribution in [0.3, 0.4) is 0 Å². The van der Waals surface area contributed by atoms with Crippen molar-refractivity contribution >= 4 is 23.4 Å². The Morgan fingerprint density at radius 1 is 0.857 bits per heavy atom. The number of nitrogens with one attached hydrogen (secondary N) is 1. The normalized spacial score (nSPS) is 14.2. The van der Waals surface area contributed by atoms with Crippen LogP contribution in [0, 0.1) is 20.8 Å². The Morgan fingerprint density at radius 3 is 2.32 bits per heavy atom. The molecule has 0 amide bonds. The van der Waals surface area contributed by atoms with Crippen molar-refractivity contribution in [2.24, 2.45) is 0 Å². The molecule has 1 aliphatic rings. The van der Waals surface area contributed by atoms with Gasteiger partial charge < -0.3 is 15.1 Å². The molecule has 7 nitrogen and oxygen atoms in total. The first-order chi connectivity index (χ1) is 13.6. The maximum atomic E-state index is 4.78. The van der Waals surface area contributed by atoms with E-state index in [0.29, 0.717) is 5.95 Å². The van der Waals surface area contributed by atoms with Gasteiger partial charge in [-0.15, -0.1) is 0 Å². The maximum Gasteiger partial charge on any atom is 0.229 e. The molecule has 1 saturated heterocycles. The Morgan fingerprint density at radius 2 is 1.57 bits per heavy atom. The van der Waals surface area contributed by atoms with Crippen molar-refractivity contribution in [3.63, 3.8) is 0 Å². The van der Waals surface area contributed by atoms with Gasteiger partial charge in [-0.3, -0.25) is 0 Å². The fourth-order valence-electron chi connectivity index (χ4n) is 3.35. The molecule has 28 heavy (non-hydrogen) atoms. The molecule has 0 bridgehead atoms. The highest BCUT2D eigenvalue weighted by Crippen LogP contribution is 2.23. The number of aromatic nitrogens is 4. The van der Waals surface area contributed by atoms with Gasteiger partial charge in [0.25, 0.3) is 0 Å². The highest BCUT2D eigenvalue weighted by atomic mass is 15.3. The lowest BCUT2D eigenvalue weighted by atomic mass is 10.1. The summed E-state index contributed by atoms with van der Waals surface area (Å²) < 4.78 is 0. The second-order valence-electron chi connectivity index (χ2n) is 7.16. The van der Waals surface area contributed by atoms with Gasteiger partial charge in [-0.05, 0) is 44.0 Å². The summed E-state index contributed by atoms with van der Waals surface area (Å²) in [5, 5.41) is 3.39. The van der Waals surface area contributed by atoms with Crippen LogP contribution in [0.25, 0.3) is 0 Å². The molecule has 1 N–H and O–H groups in total. The molecule has 144 valence electrons. The number of hydrogen-bond donors (Lipinski definition) is 1. The van der Waals surface area contributed by atoms with Crippen LogP contribution >= 0.6 is 0 Å². The number of anilines is 4. The number of hydrogen-bond acceptors (Lipinski definition) is 7. The van der Waals surface area contributed by atoms with Gasteiger partial charge in [-0.25, -0.2) is 15.0 Å². The van der Waals surface area contributed by atoms with E-state index in [1.807, 2.05) is 19.1 Å². The smallest absolute Gasteiger partial charge is 0.229 e. The lowest BCUT2D eigenvalue weighted by Crippen LogP contribution is -2.47. The van der Waals surface area contributed by atoms with Gasteiger partial charge in [-0.1, -0.05) is 12.1 Å². The quantitative estimate of drug-likeness (QED) is 0.750. The SMILES string of the molecule is Cc1ccc(C)c(Nc2nc(C)cc(N3CCN(c4ncccn4)CC3)n2)c1. The highest BCUT2D eigenvalue weighted by Gasteiger charge is 2.20. The summed E-state index contributed by atoms with van der Waals surface area (Å²) in [5.41, 5.74) is 4.38. The van der Waals surface area contributed by atoms with Crippen LogP contribution in [-0.4, -0.2) is 46.1 Å². The molecule has 0 aliphatic carbocycles. The zero-order valence-corrected chi connectivity index (χ0v) is 16.6. The Labute approximate surface area is 165 Å². The molecule has 1 aromatic carbocycles. The molecule has 3 heterocycles. The zero-order chi connectivity index (χ0) is 19.5. The average Bonchev–Trinajstić information content (AvgIpc) is 2.71. The molecular formula is C21H25N7. The second-order valence-corrected chi connectivity index (χ2v) is 7.16. The molecule has 7 heteroatoms. The minimum absolute atomic E-state index is 0.637. The summed E-state index contributed by atoms with van der Waals surface area (Å²) in [6.45, 7) is 9.66. The standard InChI is InChI=1S/C21H25N7/c1-15-5-6-16(2)18(13-15)25-20-24-17(3)14-19(26-20)27-9-11-28(12-10-27)21-22-7-4-8-23-21/h4-8,13-14H,9-12H2,1-3H3,(H,24,25,26). The minimum Gasteiger partial charge on any atom is -0.353 e.